The number of para-hydroxylation sites is 1. The number of Topliss-reactive ketones (excluding diaryl/α,β-unsaturated/α-hetero) is 1. The number of hydrogen-bond acceptors (Lipinski definition) is 9. The number of ether oxygens (including phenoxy) is 5. The molecule has 0 spiro atoms. The van der Waals surface area contributed by atoms with Crippen LogP contribution in [0.15, 0.2) is 97.2 Å². The van der Waals surface area contributed by atoms with Crippen LogP contribution in [0, 0.1) is 5.92 Å². The van der Waals surface area contributed by atoms with Crippen molar-refractivity contribution in [1.82, 2.24) is 4.98 Å². The number of esters is 2. The van der Waals surface area contributed by atoms with Gasteiger partial charge >= 0.3 is 11.9 Å². The first kappa shape index (κ1) is 31.7. The third-order valence-corrected chi connectivity index (χ3v) is 6.77. The standard InChI is InChI=1S/C35H35NO8/c1-23(20-30(38)32-34(42-22-41-25(3)37)31(40-4)18-19-36-32)35(39)43-24(2)33(44-29-16-9-6-10-17-29)28-15-11-14-27(21-28)26-12-7-5-8-13-26/h5-19,21,23-24,33H,20,22H2,1-4H3/t23-,24+,33+/m1/s1. The Morgan fingerprint density at radius 1 is 0.841 bits per heavy atom. The van der Waals surface area contributed by atoms with Crippen molar-refractivity contribution in [2.24, 2.45) is 5.92 Å². The number of hydrogen-bond donors (Lipinski definition) is 0. The molecule has 0 fully saturated rings. The van der Waals surface area contributed by atoms with Crippen molar-refractivity contribution in [3.63, 3.8) is 0 Å². The number of rotatable bonds is 14. The molecule has 0 aliphatic heterocycles. The molecule has 228 valence electrons. The third-order valence-electron chi connectivity index (χ3n) is 6.77. The molecule has 3 aromatic carbocycles. The van der Waals surface area contributed by atoms with Gasteiger partial charge in [-0.1, -0.05) is 73.7 Å². The maximum atomic E-state index is 13.3. The summed E-state index contributed by atoms with van der Waals surface area (Å²) in [5.74, 6) is -1.52. The molecule has 0 aliphatic rings. The highest BCUT2D eigenvalue weighted by molar-refractivity contribution is 5.99. The molecule has 0 saturated heterocycles. The molecule has 9 nitrogen and oxygen atoms in total. The number of carbonyl (C=O) groups is 3. The average Bonchev–Trinajstić information content (AvgIpc) is 3.04. The lowest BCUT2D eigenvalue weighted by atomic mass is 9.98. The van der Waals surface area contributed by atoms with Gasteiger partial charge in [-0.25, -0.2) is 4.98 Å². The highest BCUT2D eigenvalue weighted by Gasteiger charge is 2.30. The van der Waals surface area contributed by atoms with E-state index in [0.717, 1.165) is 16.7 Å². The first-order chi connectivity index (χ1) is 21.3. The first-order valence-corrected chi connectivity index (χ1v) is 14.2. The van der Waals surface area contributed by atoms with E-state index in [1.165, 1.54) is 26.3 Å². The molecule has 1 aromatic heterocycles. The fraction of sp³-hybridized carbons (Fsp3) is 0.257. The minimum atomic E-state index is -0.813. The normalized spacial score (nSPS) is 12.7. The Morgan fingerprint density at radius 3 is 2.20 bits per heavy atom. The maximum Gasteiger partial charge on any atom is 0.309 e. The number of ketones is 1. The Bertz CT molecular complexity index is 1560. The van der Waals surface area contributed by atoms with E-state index in [1.54, 1.807) is 13.8 Å². The van der Waals surface area contributed by atoms with Crippen molar-refractivity contribution in [3.05, 3.63) is 108 Å². The summed E-state index contributed by atoms with van der Waals surface area (Å²) in [4.78, 5) is 41.9. The van der Waals surface area contributed by atoms with Crippen molar-refractivity contribution >= 4 is 17.7 Å². The van der Waals surface area contributed by atoms with Gasteiger partial charge in [-0.15, -0.1) is 0 Å². The molecule has 0 radical (unpaired) electrons. The Hall–Kier alpha value is -5.18. The average molecular weight is 598 g/mol. The van der Waals surface area contributed by atoms with Gasteiger partial charge in [0.05, 0.1) is 13.0 Å². The maximum absolute atomic E-state index is 13.3. The Morgan fingerprint density at radius 2 is 1.52 bits per heavy atom. The molecule has 44 heavy (non-hydrogen) atoms. The van der Waals surface area contributed by atoms with E-state index in [9.17, 15) is 14.4 Å². The molecular formula is C35H35NO8. The van der Waals surface area contributed by atoms with Gasteiger partial charge in [0.15, 0.2) is 29.1 Å². The lowest BCUT2D eigenvalue weighted by molar-refractivity contribution is -0.157. The molecular weight excluding hydrogens is 562 g/mol. The van der Waals surface area contributed by atoms with Gasteiger partial charge in [0, 0.05) is 25.6 Å². The summed E-state index contributed by atoms with van der Waals surface area (Å²) in [5, 5.41) is 0. The van der Waals surface area contributed by atoms with Crippen LogP contribution in [0.4, 0.5) is 0 Å². The van der Waals surface area contributed by atoms with E-state index in [0.29, 0.717) is 5.75 Å². The van der Waals surface area contributed by atoms with Gasteiger partial charge in [-0.2, -0.15) is 0 Å². The van der Waals surface area contributed by atoms with E-state index in [4.69, 9.17) is 23.7 Å². The highest BCUT2D eigenvalue weighted by atomic mass is 16.7. The third kappa shape index (κ3) is 8.44. The monoisotopic (exact) mass is 597 g/mol. The van der Waals surface area contributed by atoms with Crippen LogP contribution < -0.4 is 14.2 Å². The largest absolute Gasteiger partial charge is 0.493 e. The Labute approximate surface area is 256 Å². The minimum absolute atomic E-state index is 0.0183. The van der Waals surface area contributed by atoms with E-state index in [-0.39, 0.29) is 23.6 Å². The van der Waals surface area contributed by atoms with E-state index in [1.807, 2.05) is 84.9 Å². The van der Waals surface area contributed by atoms with Gasteiger partial charge in [-0.3, -0.25) is 14.4 Å². The zero-order valence-corrected chi connectivity index (χ0v) is 25.1. The second-order valence-electron chi connectivity index (χ2n) is 10.1. The van der Waals surface area contributed by atoms with Gasteiger partial charge < -0.3 is 23.7 Å². The van der Waals surface area contributed by atoms with Gasteiger partial charge in [0.1, 0.15) is 11.9 Å². The van der Waals surface area contributed by atoms with Crippen molar-refractivity contribution in [2.75, 3.05) is 13.9 Å². The van der Waals surface area contributed by atoms with Crippen LogP contribution in [-0.2, 0) is 19.1 Å². The molecule has 0 N–H and O–H groups in total. The van der Waals surface area contributed by atoms with E-state index in [2.05, 4.69) is 4.98 Å². The summed E-state index contributed by atoms with van der Waals surface area (Å²) >= 11 is 0. The van der Waals surface area contributed by atoms with Crippen LogP contribution in [0.1, 0.15) is 49.3 Å². The minimum Gasteiger partial charge on any atom is -0.493 e. The zero-order valence-electron chi connectivity index (χ0n) is 25.1. The SMILES string of the molecule is COc1ccnc(C(=O)C[C@@H](C)C(=O)O[C@@H](C)[C@H](Oc2ccccc2)c2cccc(-c3ccccc3)c2)c1OCOC(C)=O. The van der Waals surface area contributed by atoms with Crippen LogP contribution in [-0.4, -0.2) is 42.7 Å². The number of methoxy groups -OCH3 is 1. The molecule has 9 heteroatoms. The van der Waals surface area contributed by atoms with Crippen molar-refractivity contribution in [2.45, 2.75) is 39.4 Å². The molecule has 4 aromatic rings. The van der Waals surface area contributed by atoms with Crippen LogP contribution in [0.2, 0.25) is 0 Å². The Kier molecular flexibility index (Phi) is 11.1. The molecule has 0 amide bonds. The predicted molar refractivity (Wildman–Crippen MR) is 163 cm³/mol. The number of aromatic nitrogens is 1. The summed E-state index contributed by atoms with van der Waals surface area (Å²) in [7, 11) is 1.41. The van der Waals surface area contributed by atoms with Crippen molar-refractivity contribution < 1.29 is 38.1 Å². The fourth-order valence-corrected chi connectivity index (χ4v) is 4.53. The van der Waals surface area contributed by atoms with Crippen LogP contribution >= 0.6 is 0 Å². The summed E-state index contributed by atoms with van der Waals surface area (Å²) in [6, 6.07) is 28.7. The van der Waals surface area contributed by atoms with Crippen molar-refractivity contribution in [1.29, 1.82) is 0 Å². The predicted octanol–water partition coefficient (Wildman–Crippen LogP) is 6.62. The van der Waals surface area contributed by atoms with Crippen LogP contribution in [0.5, 0.6) is 17.2 Å². The van der Waals surface area contributed by atoms with E-state index < -0.39 is 42.6 Å². The molecule has 0 unspecified atom stereocenters. The number of carbonyl (C=O) groups excluding carboxylic acids is 3. The number of benzene rings is 3. The second kappa shape index (κ2) is 15.3. The molecule has 0 aliphatic carbocycles. The van der Waals surface area contributed by atoms with Crippen LogP contribution in [0.25, 0.3) is 11.1 Å². The molecule has 4 rings (SSSR count). The quantitative estimate of drug-likeness (QED) is 0.0900. The van der Waals surface area contributed by atoms with Crippen LogP contribution in [0.3, 0.4) is 0 Å². The van der Waals surface area contributed by atoms with Gasteiger partial charge in [-0.05, 0) is 41.8 Å². The van der Waals surface area contributed by atoms with Gasteiger partial charge in [0.2, 0.25) is 6.79 Å². The van der Waals surface area contributed by atoms with E-state index >= 15 is 0 Å². The lowest BCUT2D eigenvalue weighted by Crippen LogP contribution is -2.30. The highest BCUT2D eigenvalue weighted by Crippen LogP contribution is 2.33. The fourth-order valence-electron chi connectivity index (χ4n) is 4.53. The summed E-state index contributed by atoms with van der Waals surface area (Å²) < 4.78 is 27.9. The number of pyridine rings is 1. The molecule has 3 atom stereocenters. The molecule has 0 saturated carbocycles. The summed E-state index contributed by atoms with van der Waals surface area (Å²) in [5.41, 5.74) is 2.83. The Balaban J connectivity index is 1.50. The van der Waals surface area contributed by atoms with Crippen molar-refractivity contribution in [3.8, 4) is 28.4 Å². The number of nitrogens with zero attached hydrogens (tertiary/aromatic N) is 1. The molecule has 1 heterocycles. The smallest absolute Gasteiger partial charge is 0.309 e. The second-order valence-corrected chi connectivity index (χ2v) is 10.1. The topological polar surface area (TPSA) is 110 Å². The lowest BCUT2D eigenvalue weighted by Gasteiger charge is -2.27. The first-order valence-electron chi connectivity index (χ1n) is 14.2. The summed E-state index contributed by atoms with van der Waals surface area (Å²) in [6.45, 7) is 4.18. The zero-order chi connectivity index (χ0) is 31.5. The van der Waals surface area contributed by atoms with Gasteiger partial charge in [0.25, 0.3) is 0 Å². The molecule has 0 bridgehead atoms. The summed E-state index contributed by atoms with van der Waals surface area (Å²) in [6.07, 6.45) is -0.146.